The van der Waals surface area contributed by atoms with Crippen LogP contribution in [-0.4, -0.2) is 22.7 Å². The van der Waals surface area contributed by atoms with Gasteiger partial charge in [0.1, 0.15) is 11.9 Å². The molecule has 6 nitrogen and oxygen atoms in total. The first kappa shape index (κ1) is 13.7. The van der Waals surface area contributed by atoms with E-state index in [2.05, 4.69) is 14.9 Å². The first-order valence-corrected chi connectivity index (χ1v) is 5.80. The summed E-state index contributed by atoms with van der Waals surface area (Å²) in [6, 6.07) is 7.36. The Kier molecular flexibility index (Phi) is 4.39. The number of rotatable bonds is 5. The van der Waals surface area contributed by atoms with Gasteiger partial charge in [0.15, 0.2) is 6.61 Å². The van der Waals surface area contributed by atoms with E-state index in [-0.39, 0.29) is 31.2 Å². The molecule has 0 aliphatic heterocycles. The van der Waals surface area contributed by atoms with Crippen molar-refractivity contribution in [2.45, 2.75) is 12.8 Å². The number of carbonyl (C=O) groups is 1. The van der Waals surface area contributed by atoms with Crippen LogP contribution in [0.25, 0.3) is 11.4 Å². The second-order valence-electron chi connectivity index (χ2n) is 3.84. The molecule has 1 heterocycles. The number of carbonyl (C=O) groups excluding carboxylic acids is 1. The molecule has 0 bridgehead atoms. The van der Waals surface area contributed by atoms with Crippen LogP contribution in [0.15, 0.2) is 28.8 Å². The zero-order chi connectivity index (χ0) is 14.4. The minimum atomic E-state index is -0.506. The van der Waals surface area contributed by atoms with Gasteiger partial charge in [0, 0.05) is 12.0 Å². The zero-order valence-corrected chi connectivity index (χ0v) is 10.4. The molecule has 0 saturated heterocycles. The lowest BCUT2D eigenvalue weighted by molar-refractivity contribution is -0.142. The molecule has 0 atom stereocenters. The summed E-state index contributed by atoms with van der Waals surface area (Å²) in [5.74, 6) is -0.255. The SMILES string of the molecule is N#CCOC(=O)CCc1nc(-c2ccc(F)cc2)no1. The van der Waals surface area contributed by atoms with Crippen molar-refractivity contribution in [1.82, 2.24) is 10.1 Å². The number of nitrogens with zero attached hydrogens (tertiary/aromatic N) is 3. The Hall–Kier alpha value is -2.75. The van der Waals surface area contributed by atoms with E-state index in [1.54, 1.807) is 6.07 Å². The van der Waals surface area contributed by atoms with Gasteiger partial charge in [-0.15, -0.1) is 0 Å². The fourth-order valence-electron chi connectivity index (χ4n) is 1.47. The van der Waals surface area contributed by atoms with Crippen LogP contribution >= 0.6 is 0 Å². The average molecular weight is 275 g/mol. The lowest BCUT2D eigenvalue weighted by atomic mass is 10.2. The molecule has 0 aliphatic carbocycles. The highest BCUT2D eigenvalue weighted by molar-refractivity contribution is 5.69. The van der Waals surface area contributed by atoms with Crippen LogP contribution in [0.5, 0.6) is 0 Å². The third kappa shape index (κ3) is 3.62. The number of halogens is 1. The maximum atomic E-state index is 12.8. The number of aryl methyl sites for hydroxylation is 1. The molecular formula is C13H10FN3O3. The quantitative estimate of drug-likeness (QED) is 0.774. The standard InChI is InChI=1S/C13H10FN3O3/c14-10-3-1-9(2-4-10)13-16-11(20-17-13)5-6-12(18)19-8-7-15/h1-4H,5-6,8H2. The topological polar surface area (TPSA) is 89.0 Å². The van der Waals surface area contributed by atoms with Crippen molar-refractivity contribution < 1.29 is 18.4 Å². The van der Waals surface area contributed by atoms with Gasteiger partial charge in [0.25, 0.3) is 0 Å². The lowest BCUT2D eigenvalue weighted by Gasteiger charge is -1.96. The van der Waals surface area contributed by atoms with E-state index in [0.29, 0.717) is 11.4 Å². The molecule has 7 heteroatoms. The molecule has 0 spiro atoms. The molecular weight excluding hydrogens is 265 g/mol. The number of nitriles is 1. The predicted molar refractivity (Wildman–Crippen MR) is 64.6 cm³/mol. The Balaban J connectivity index is 1.94. The van der Waals surface area contributed by atoms with Crippen molar-refractivity contribution in [3.05, 3.63) is 36.0 Å². The van der Waals surface area contributed by atoms with Crippen LogP contribution in [0, 0.1) is 17.1 Å². The number of esters is 1. The van der Waals surface area contributed by atoms with Gasteiger partial charge < -0.3 is 9.26 Å². The number of ether oxygens (including phenoxy) is 1. The summed E-state index contributed by atoms with van der Waals surface area (Å²) in [5, 5.41) is 12.0. The van der Waals surface area contributed by atoms with Crippen LogP contribution in [0.4, 0.5) is 4.39 Å². The Morgan fingerprint density at radius 3 is 2.85 bits per heavy atom. The fourth-order valence-corrected chi connectivity index (χ4v) is 1.47. The van der Waals surface area contributed by atoms with Gasteiger partial charge in [0.2, 0.25) is 11.7 Å². The van der Waals surface area contributed by atoms with Gasteiger partial charge in [-0.25, -0.2) is 4.39 Å². The molecule has 0 aliphatic rings. The number of hydrogen-bond donors (Lipinski definition) is 0. The molecule has 0 N–H and O–H groups in total. The monoisotopic (exact) mass is 275 g/mol. The summed E-state index contributed by atoms with van der Waals surface area (Å²) < 4.78 is 22.3. The normalized spacial score (nSPS) is 10.0. The van der Waals surface area contributed by atoms with Gasteiger partial charge >= 0.3 is 5.97 Å². The first-order chi connectivity index (χ1) is 9.69. The summed E-state index contributed by atoms with van der Waals surface area (Å²) in [5.41, 5.74) is 0.619. The minimum absolute atomic E-state index is 0.0483. The van der Waals surface area contributed by atoms with Crippen LogP contribution in [0.1, 0.15) is 12.3 Å². The number of hydrogen-bond acceptors (Lipinski definition) is 6. The third-order valence-electron chi connectivity index (χ3n) is 2.41. The molecule has 20 heavy (non-hydrogen) atoms. The maximum absolute atomic E-state index is 12.8. The zero-order valence-electron chi connectivity index (χ0n) is 10.4. The van der Waals surface area contributed by atoms with Crippen molar-refractivity contribution in [3.8, 4) is 17.5 Å². The molecule has 0 saturated carbocycles. The molecule has 102 valence electrons. The number of benzene rings is 1. The van der Waals surface area contributed by atoms with Gasteiger partial charge in [0.05, 0.1) is 6.42 Å². The summed E-state index contributed by atoms with van der Waals surface area (Å²) in [4.78, 5) is 15.3. The van der Waals surface area contributed by atoms with Crippen molar-refractivity contribution in [2.75, 3.05) is 6.61 Å². The van der Waals surface area contributed by atoms with E-state index in [4.69, 9.17) is 9.78 Å². The molecule has 0 unspecified atom stereocenters. The highest BCUT2D eigenvalue weighted by Gasteiger charge is 2.11. The predicted octanol–water partition coefficient (Wildman–Crippen LogP) is 1.88. The third-order valence-corrected chi connectivity index (χ3v) is 2.41. The second kappa shape index (κ2) is 6.43. The Morgan fingerprint density at radius 1 is 1.40 bits per heavy atom. The highest BCUT2D eigenvalue weighted by atomic mass is 19.1. The Morgan fingerprint density at radius 2 is 2.15 bits per heavy atom. The molecule has 0 fully saturated rings. The maximum Gasteiger partial charge on any atom is 0.307 e. The van der Waals surface area contributed by atoms with E-state index >= 15 is 0 Å². The van der Waals surface area contributed by atoms with Gasteiger partial charge in [-0.1, -0.05) is 5.16 Å². The van der Waals surface area contributed by atoms with E-state index < -0.39 is 5.97 Å². The summed E-state index contributed by atoms with van der Waals surface area (Å²) >= 11 is 0. The average Bonchev–Trinajstić information content (AvgIpc) is 2.92. The highest BCUT2D eigenvalue weighted by Crippen LogP contribution is 2.16. The lowest BCUT2D eigenvalue weighted by Crippen LogP contribution is -2.05. The molecule has 0 amide bonds. The summed E-state index contributed by atoms with van der Waals surface area (Å²) in [7, 11) is 0. The van der Waals surface area contributed by atoms with Crippen LogP contribution in [-0.2, 0) is 16.0 Å². The Labute approximate surface area is 113 Å². The van der Waals surface area contributed by atoms with E-state index in [1.807, 2.05) is 0 Å². The minimum Gasteiger partial charge on any atom is -0.450 e. The van der Waals surface area contributed by atoms with Gasteiger partial charge in [-0.2, -0.15) is 10.2 Å². The van der Waals surface area contributed by atoms with E-state index in [0.717, 1.165) is 0 Å². The Bertz CT molecular complexity index is 631. The largest absolute Gasteiger partial charge is 0.450 e. The number of aromatic nitrogens is 2. The van der Waals surface area contributed by atoms with Crippen molar-refractivity contribution in [1.29, 1.82) is 5.26 Å². The molecule has 2 rings (SSSR count). The van der Waals surface area contributed by atoms with E-state index in [9.17, 15) is 9.18 Å². The van der Waals surface area contributed by atoms with Crippen LogP contribution in [0.3, 0.4) is 0 Å². The van der Waals surface area contributed by atoms with Crippen molar-refractivity contribution >= 4 is 5.97 Å². The summed E-state index contributed by atoms with van der Waals surface area (Å²) in [6.07, 6.45) is 0.269. The van der Waals surface area contributed by atoms with Crippen molar-refractivity contribution in [3.63, 3.8) is 0 Å². The second-order valence-corrected chi connectivity index (χ2v) is 3.84. The van der Waals surface area contributed by atoms with Crippen LogP contribution in [0.2, 0.25) is 0 Å². The smallest absolute Gasteiger partial charge is 0.307 e. The van der Waals surface area contributed by atoms with Crippen LogP contribution < -0.4 is 0 Å². The molecule has 1 aromatic carbocycles. The van der Waals surface area contributed by atoms with Gasteiger partial charge in [-0.3, -0.25) is 4.79 Å². The van der Waals surface area contributed by atoms with Crippen molar-refractivity contribution in [2.24, 2.45) is 0 Å². The summed E-state index contributed by atoms with van der Waals surface area (Å²) in [6.45, 7) is -0.274. The fraction of sp³-hybridized carbons (Fsp3) is 0.231. The first-order valence-electron chi connectivity index (χ1n) is 5.80. The van der Waals surface area contributed by atoms with E-state index in [1.165, 1.54) is 24.3 Å². The van der Waals surface area contributed by atoms with Gasteiger partial charge in [-0.05, 0) is 24.3 Å². The molecule has 2 aromatic rings. The molecule has 0 radical (unpaired) electrons. The molecule has 1 aromatic heterocycles.